The van der Waals surface area contributed by atoms with Gasteiger partial charge in [0.15, 0.2) is 0 Å². The molecular formula is C20H26N6O. The number of aromatic nitrogens is 3. The number of nitrogens with zero attached hydrogens (tertiary/aromatic N) is 4. The molecule has 2 N–H and O–H groups in total. The minimum absolute atomic E-state index is 0.159. The molecule has 7 heteroatoms. The Labute approximate surface area is 159 Å². The topological polar surface area (TPSA) is 89.9 Å². The molecule has 0 aromatic carbocycles. The summed E-state index contributed by atoms with van der Waals surface area (Å²) in [4.78, 5) is 7.18. The lowest BCUT2D eigenvalue weighted by molar-refractivity contribution is 0.0985. The molecule has 0 amide bonds. The summed E-state index contributed by atoms with van der Waals surface area (Å²) in [5.74, 6) is 3.17. The first-order valence-electron chi connectivity index (χ1n) is 9.75. The second kappa shape index (κ2) is 7.97. The summed E-state index contributed by atoms with van der Waals surface area (Å²) in [6.45, 7) is 4.45. The molecule has 0 bridgehead atoms. The number of aromatic amines is 1. The Hall–Kier alpha value is -2.59. The van der Waals surface area contributed by atoms with Crippen molar-refractivity contribution < 1.29 is 4.74 Å². The van der Waals surface area contributed by atoms with Crippen molar-refractivity contribution in [3.63, 3.8) is 0 Å². The van der Waals surface area contributed by atoms with E-state index in [0.717, 1.165) is 62.9 Å². The second-order valence-electron chi connectivity index (χ2n) is 7.55. The van der Waals surface area contributed by atoms with Gasteiger partial charge in [-0.25, -0.2) is 4.98 Å². The van der Waals surface area contributed by atoms with Gasteiger partial charge in [-0.05, 0) is 49.8 Å². The number of nitrogens with one attached hydrogen (secondary N) is 2. The third kappa shape index (κ3) is 4.06. The smallest absolute Gasteiger partial charge is 0.134 e. The molecule has 1 saturated heterocycles. The largest absolute Gasteiger partial charge is 0.377 e. The van der Waals surface area contributed by atoms with E-state index in [1.165, 1.54) is 5.56 Å². The van der Waals surface area contributed by atoms with Gasteiger partial charge in [0.2, 0.25) is 0 Å². The van der Waals surface area contributed by atoms with Crippen LogP contribution in [0.5, 0.6) is 0 Å². The first kappa shape index (κ1) is 17.8. The molecule has 2 unspecified atom stereocenters. The summed E-state index contributed by atoms with van der Waals surface area (Å²) in [5, 5.41) is 19.6. The van der Waals surface area contributed by atoms with Crippen molar-refractivity contribution in [2.75, 3.05) is 30.0 Å². The number of anilines is 3. The average molecular weight is 366 g/mol. The number of H-pyrrole nitrogens is 1. The van der Waals surface area contributed by atoms with Crippen molar-refractivity contribution in [3.8, 4) is 6.07 Å². The molecule has 4 rings (SSSR count). The zero-order valence-corrected chi connectivity index (χ0v) is 15.7. The Morgan fingerprint density at radius 1 is 1.37 bits per heavy atom. The first-order valence-corrected chi connectivity index (χ1v) is 9.75. The lowest BCUT2D eigenvalue weighted by Gasteiger charge is -2.35. The highest BCUT2D eigenvalue weighted by atomic mass is 16.5. The van der Waals surface area contributed by atoms with Crippen molar-refractivity contribution >= 4 is 17.5 Å². The maximum Gasteiger partial charge on any atom is 0.134 e. The maximum atomic E-state index is 9.37. The van der Waals surface area contributed by atoms with Crippen LogP contribution in [0, 0.1) is 17.2 Å². The molecule has 1 aliphatic heterocycles. The minimum atomic E-state index is 0.159. The number of hydrogen-bond acceptors (Lipinski definition) is 6. The van der Waals surface area contributed by atoms with Crippen LogP contribution in [0.3, 0.4) is 0 Å². The van der Waals surface area contributed by atoms with Crippen molar-refractivity contribution in [1.82, 2.24) is 15.2 Å². The Morgan fingerprint density at radius 3 is 3.07 bits per heavy atom. The number of morpholine rings is 1. The van der Waals surface area contributed by atoms with Crippen molar-refractivity contribution in [2.24, 2.45) is 5.92 Å². The zero-order chi connectivity index (χ0) is 18.6. The molecule has 1 aliphatic carbocycles. The lowest BCUT2D eigenvalue weighted by Crippen LogP contribution is -2.44. The van der Waals surface area contributed by atoms with Crippen LogP contribution in [0.15, 0.2) is 24.4 Å². The van der Waals surface area contributed by atoms with Gasteiger partial charge in [-0.1, -0.05) is 6.42 Å². The Bertz CT molecular complexity index is 799. The summed E-state index contributed by atoms with van der Waals surface area (Å²) in [5.41, 5.74) is 1.26. The van der Waals surface area contributed by atoms with Crippen LogP contribution in [0.25, 0.3) is 0 Å². The molecule has 0 spiro atoms. The Kier molecular flexibility index (Phi) is 5.26. The highest BCUT2D eigenvalue weighted by Crippen LogP contribution is 2.38. The van der Waals surface area contributed by atoms with Gasteiger partial charge in [0.1, 0.15) is 17.5 Å². The van der Waals surface area contributed by atoms with Gasteiger partial charge in [-0.2, -0.15) is 10.4 Å². The molecule has 27 heavy (non-hydrogen) atoms. The summed E-state index contributed by atoms with van der Waals surface area (Å²) in [7, 11) is 0. The summed E-state index contributed by atoms with van der Waals surface area (Å²) in [6.07, 6.45) is 5.91. The minimum Gasteiger partial charge on any atom is -0.377 e. The molecule has 0 radical (unpaired) electrons. The third-order valence-corrected chi connectivity index (χ3v) is 5.59. The fourth-order valence-electron chi connectivity index (χ4n) is 4.12. The molecule has 7 nitrogen and oxygen atoms in total. The summed E-state index contributed by atoms with van der Waals surface area (Å²) in [6, 6.07) is 8.98. The fourth-order valence-corrected chi connectivity index (χ4v) is 4.12. The summed E-state index contributed by atoms with van der Waals surface area (Å²) < 4.78 is 5.59. The fraction of sp³-hybridized carbons (Fsp3) is 0.550. The van der Waals surface area contributed by atoms with Crippen molar-refractivity contribution in [3.05, 3.63) is 30.0 Å². The van der Waals surface area contributed by atoms with E-state index >= 15 is 0 Å². The highest BCUT2D eigenvalue weighted by molar-refractivity contribution is 5.58. The molecule has 142 valence electrons. The van der Waals surface area contributed by atoms with Gasteiger partial charge in [-0.3, -0.25) is 5.10 Å². The lowest BCUT2D eigenvalue weighted by atomic mass is 9.79. The Balaban J connectivity index is 1.66. The van der Waals surface area contributed by atoms with Crippen LogP contribution in [0.2, 0.25) is 0 Å². The van der Waals surface area contributed by atoms with E-state index in [1.807, 2.05) is 6.07 Å². The molecule has 3 atom stereocenters. The number of hydrogen-bond donors (Lipinski definition) is 2. The first-order chi connectivity index (χ1) is 13.2. The maximum absolute atomic E-state index is 9.37. The van der Waals surface area contributed by atoms with E-state index in [0.29, 0.717) is 12.0 Å². The van der Waals surface area contributed by atoms with E-state index in [2.05, 4.69) is 45.5 Å². The van der Waals surface area contributed by atoms with E-state index < -0.39 is 0 Å². The predicted molar refractivity (Wildman–Crippen MR) is 104 cm³/mol. The van der Waals surface area contributed by atoms with Crippen LogP contribution in [-0.4, -0.2) is 41.0 Å². The van der Waals surface area contributed by atoms with Gasteiger partial charge in [-0.15, -0.1) is 0 Å². The molecule has 1 saturated carbocycles. The van der Waals surface area contributed by atoms with Crippen molar-refractivity contribution in [2.45, 2.75) is 44.6 Å². The van der Waals surface area contributed by atoms with Gasteiger partial charge < -0.3 is 15.0 Å². The van der Waals surface area contributed by atoms with Crippen LogP contribution in [-0.2, 0) is 4.74 Å². The van der Waals surface area contributed by atoms with Gasteiger partial charge in [0, 0.05) is 18.5 Å². The normalized spacial score (nSPS) is 25.8. The average Bonchev–Trinajstić information content (AvgIpc) is 3.21. The molecule has 2 aliphatic rings. The molecule has 2 fully saturated rings. The summed E-state index contributed by atoms with van der Waals surface area (Å²) >= 11 is 0. The SMILES string of the molecule is C[C@@H]1COCCN1c1cc(C2CCCC(C#N)C2)cc(Nc2ccn[nH]2)n1. The molecular weight excluding hydrogens is 340 g/mol. The van der Waals surface area contributed by atoms with Crippen LogP contribution in [0.1, 0.15) is 44.1 Å². The quantitative estimate of drug-likeness (QED) is 0.860. The number of ether oxygens (including phenoxy) is 1. The van der Waals surface area contributed by atoms with E-state index in [-0.39, 0.29) is 5.92 Å². The second-order valence-corrected chi connectivity index (χ2v) is 7.55. The number of nitriles is 1. The third-order valence-electron chi connectivity index (χ3n) is 5.59. The highest BCUT2D eigenvalue weighted by Gasteiger charge is 2.26. The van der Waals surface area contributed by atoms with Gasteiger partial charge in [0.25, 0.3) is 0 Å². The van der Waals surface area contributed by atoms with Gasteiger partial charge in [0.05, 0.1) is 31.5 Å². The predicted octanol–water partition coefficient (Wildman–Crippen LogP) is 3.57. The molecule has 2 aromatic rings. The number of rotatable bonds is 4. The van der Waals surface area contributed by atoms with E-state index in [4.69, 9.17) is 9.72 Å². The van der Waals surface area contributed by atoms with Crippen LogP contribution >= 0.6 is 0 Å². The van der Waals surface area contributed by atoms with E-state index in [1.54, 1.807) is 6.20 Å². The molecule has 3 heterocycles. The van der Waals surface area contributed by atoms with Crippen LogP contribution in [0.4, 0.5) is 17.5 Å². The Morgan fingerprint density at radius 2 is 2.30 bits per heavy atom. The molecule has 2 aromatic heterocycles. The standard InChI is InChI=1S/C20H26N6O/c1-14-13-27-8-7-26(14)20-11-17(16-4-2-3-15(9-16)12-21)10-19(24-20)23-18-5-6-22-25-18/h5-6,10-11,14-16H,2-4,7-9,13H2,1H3,(H2,22,23,24,25)/t14-,15?,16?/m1/s1. The number of pyridine rings is 1. The van der Waals surface area contributed by atoms with Crippen molar-refractivity contribution in [1.29, 1.82) is 5.26 Å². The van der Waals surface area contributed by atoms with Gasteiger partial charge >= 0.3 is 0 Å². The monoisotopic (exact) mass is 366 g/mol. The zero-order valence-electron chi connectivity index (χ0n) is 15.7. The van der Waals surface area contributed by atoms with E-state index in [9.17, 15) is 5.26 Å². The van der Waals surface area contributed by atoms with Crippen LogP contribution < -0.4 is 10.2 Å².